The molecule has 0 aliphatic rings. The summed E-state index contributed by atoms with van der Waals surface area (Å²) in [4.78, 5) is 10.4. The highest BCUT2D eigenvalue weighted by Gasteiger charge is 2.20. The first kappa shape index (κ1) is 15.6. The van der Waals surface area contributed by atoms with Crippen LogP contribution in [0.3, 0.4) is 0 Å². The van der Waals surface area contributed by atoms with E-state index in [2.05, 4.69) is 28.6 Å². The maximum Gasteiger partial charge on any atom is 0.313 e. The second-order valence-corrected chi connectivity index (χ2v) is 5.42. The summed E-state index contributed by atoms with van der Waals surface area (Å²) in [6.07, 6.45) is 0.905. The summed E-state index contributed by atoms with van der Waals surface area (Å²) in [6, 6.07) is 2.86. The maximum atomic E-state index is 10.9. The van der Waals surface area contributed by atoms with Crippen LogP contribution in [0.25, 0.3) is 0 Å². The predicted octanol–water partition coefficient (Wildman–Crippen LogP) is 4.35. The first-order valence-corrected chi connectivity index (χ1v) is 7.17. The lowest BCUT2D eigenvalue weighted by Crippen LogP contribution is -2.13. The molecule has 1 aromatic carbocycles. The summed E-state index contributed by atoms with van der Waals surface area (Å²) >= 11 is 13.2. The second kappa shape index (κ2) is 7.21. The lowest BCUT2D eigenvalue weighted by atomic mass is 10.1. The van der Waals surface area contributed by atoms with Crippen molar-refractivity contribution in [1.29, 1.82) is 0 Å². The van der Waals surface area contributed by atoms with E-state index in [9.17, 15) is 10.1 Å². The quantitative estimate of drug-likeness (QED) is 0.469. The van der Waals surface area contributed by atoms with Crippen LogP contribution in [-0.2, 0) is 0 Å². The van der Waals surface area contributed by atoms with Gasteiger partial charge in [-0.15, -0.1) is 0 Å². The van der Waals surface area contributed by atoms with Gasteiger partial charge in [0.15, 0.2) is 0 Å². The highest BCUT2D eigenvalue weighted by molar-refractivity contribution is 9.10. The number of benzene rings is 1. The van der Waals surface area contributed by atoms with E-state index in [1.54, 1.807) is 6.07 Å². The zero-order valence-corrected chi connectivity index (χ0v) is 13.0. The molecule has 0 aliphatic heterocycles. The Hall–Kier alpha value is -0.460. The Kier molecular flexibility index (Phi) is 6.25. The van der Waals surface area contributed by atoms with Crippen LogP contribution in [0, 0.1) is 16.0 Å². The fraction of sp³-hybridized carbons (Fsp3) is 0.455. The Morgan fingerprint density at radius 2 is 2.28 bits per heavy atom. The molecule has 0 fully saturated rings. The smallest absolute Gasteiger partial charge is 0.313 e. The summed E-state index contributed by atoms with van der Waals surface area (Å²) in [7, 11) is 0. The minimum Gasteiger partial charge on any atom is -0.486 e. The summed E-state index contributed by atoms with van der Waals surface area (Å²) in [5, 5.41) is 11.2. The van der Waals surface area contributed by atoms with Crippen LogP contribution in [0.2, 0.25) is 5.02 Å². The Bertz CT molecular complexity index is 441. The molecule has 0 N–H and O–H groups in total. The van der Waals surface area contributed by atoms with E-state index in [-0.39, 0.29) is 17.4 Å². The monoisotopic (exact) mass is 353 g/mol. The molecular weight excluding hydrogens is 342 g/mol. The summed E-state index contributed by atoms with van der Waals surface area (Å²) in [5.74, 6) is 1.15. The first-order valence-electron chi connectivity index (χ1n) is 5.36. The standard InChI is InChI=1S/C11H13BrClNO3S/c1-2-7(6-18)5-17-11-9(12)3-8(13)4-10(11)14(15)16/h3-4,7,18H,2,5-6H2,1H3. The average molecular weight is 355 g/mol. The largest absolute Gasteiger partial charge is 0.486 e. The van der Waals surface area contributed by atoms with Crippen molar-refractivity contribution in [2.75, 3.05) is 12.4 Å². The highest BCUT2D eigenvalue weighted by atomic mass is 79.9. The molecule has 0 spiro atoms. The molecule has 7 heteroatoms. The lowest BCUT2D eigenvalue weighted by Gasteiger charge is -2.14. The molecule has 18 heavy (non-hydrogen) atoms. The Morgan fingerprint density at radius 3 is 2.78 bits per heavy atom. The SMILES string of the molecule is CCC(CS)COc1c(Br)cc(Cl)cc1[N+](=O)[O-]. The Morgan fingerprint density at radius 1 is 1.61 bits per heavy atom. The number of hydrogen-bond donors (Lipinski definition) is 1. The summed E-state index contributed by atoms with van der Waals surface area (Å²) in [5.41, 5.74) is -0.136. The van der Waals surface area contributed by atoms with Gasteiger partial charge in [0.1, 0.15) is 0 Å². The fourth-order valence-electron chi connectivity index (χ4n) is 1.33. The van der Waals surface area contributed by atoms with Gasteiger partial charge >= 0.3 is 5.69 Å². The van der Waals surface area contributed by atoms with Crippen molar-refractivity contribution in [1.82, 2.24) is 0 Å². The van der Waals surface area contributed by atoms with Crippen molar-refractivity contribution in [3.63, 3.8) is 0 Å². The van der Waals surface area contributed by atoms with Gasteiger partial charge in [0.2, 0.25) is 5.75 Å². The van der Waals surface area contributed by atoms with E-state index in [0.717, 1.165) is 6.42 Å². The van der Waals surface area contributed by atoms with Gasteiger partial charge in [-0.05, 0) is 34.2 Å². The molecule has 0 saturated carbocycles. The molecule has 1 aromatic rings. The minimum atomic E-state index is -0.506. The van der Waals surface area contributed by atoms with Gasteiger partial charge < -0.3 is 4.74 Å². The number of nitro groups is 1. The van der Waals surface area contributed by atoms with Crippen LogP contribution in [0.15, 0.2) is 16.6 Å². The zero-order chi connectivity index (χ0) is 13.7. The number of hydrogen-bond acceptors (Lipinski definition) is 4. The average Bonchev–Trinajstić information content (AvgIpc) is 2.31. The van der Waals surface area contributed by atoms with E-state index < -0.39 is 4.92 Å². The normalized spacial score (nSPS) is 12.2. The van der Waals surface area contributed by atoms with Crippen LogP contribution in [0.1, 0.15) is 13.3 Å². The van der Waals surface area contributed by atoms with Gasteiger partial charge in [0.25, 0.3) is 0 Å². The van der Waals surface area contributed by atoms with Crippen LogP contribution < -0.4 is 4.74 Å². The fourth-order valence-corrected chi connectivity index (χ4v) is 2.60. The van der Waals surface area contributed by atoms with Gasteiger partial charge in [0, 0.05) is 17.0 Å². The molecule has 0 amide bonds. The van der Waals surface area contributed by atoms with Crippen LogP contribution in [0.4, 0.5) is 5.69 Å². The first-order chi connectivity index (χ1) is 8.49. The van der Waals surface area contributed by atoms with Gasteiger partial charge in [-0.25, -0.2) is 0 Å². The Balaban J connectivity index is 2.96. The van der Waals surface area contributed by atoms with E-state index in [4.69, 9.17) is 16.3 Å². The lowest BCUT2D eigenvalue weighted by molar-refractivity contribution is -0.386. The third-order valence-electron chi connectivity index (χ3n) is 2.48. The van der Waals surface area contributed by atoms with Crippen LogP contribution in [-0.4, -0.2) is 17.3 Å². The van der Waals surface area contributed by atoms with Crippen molar-refractivity contribution in [2.24, 2.45) is 5.92 Å². The van der Waals surface area contributed by atoms with Crippen molar-refractivity contribution in [2.45, 2.75) is 13.3 Å². The summed E-state index contributed by atoms with van der Waals surface area (Å²) in [6.45, 7) is 2.41. The van der Waals surface area contributed by atoms with Crippen molar-refractivity contribution >= 4 is 45.8 Å². The molecule has 0 heterocycles. The molecule has 1 atom stereocenters. The predicted molar refractivity (Wildman–Crippen MR) is 78.9 cm³/mol. The van der Waals surface area contributed by atoms with E-state index in [1.807, 2.05) is 6.92 Å². The van der Waals surface area contributed by atoms with E-state index in [0.29, 0.717) is 21.9 Å². The minimum absolute atomic E-state index is 0.136. The summed E-state index contributed by atoms with van der Waals surface area (Å²) < 4.78 is 6.01. The van der Waals surface area contributed by atoms with Gasteiger partial charge in [-0.1, -0.05) is 18.5 Å². The molecule has 100 valence electrons. The second-order valence-electron chi connectivity index (χ2n) is 3.76. The van der Waals surface area contributed by atoms with Crippen molar-refractivity contribution in [3.8, 4) is 5.75 Å². The van der Waals surface area contributed by atoms with Crippen LogP contribution in [0.5, 0.6) is 5.75 Å². The highest BCUT2D eigenvalue weighted by Crippen LogP contribution is 2.38. The van der Waals surface area contributed by atoms with Gasteiger partial charge in [-0.3, -0.25) is 10.1 Å². The van der Waals surface area contributed by atoms with Crippen molar-refractivity contribution in [3.05, 3.63) is 31.7 Å². The molecule has 0 aromatic heterocycles. The molecule has 4 nitrogen and oxygen atoms in total. The number of nitrogens with zero attached hydrogens (tertiary/aromatic N) is 1. The molecule has 1 rings (SSSR count). The van der Waals surface area contributed by atoms with Gasteiger partial charge in [0.05, 0.1) is 16.0 Å². The topological polar surface area (TPSA) is 52.4 Å². The molecule has 0 aliphatic carbocycles. The van der Waals surface area contributed by atoms with E-state index >= 15 is 0 Å². The van der Waals surface area contributed by atoms with E-state index in [1.165, 1.54) is 6.07 Å². The number of ether oxygens (including phenoxy) is 1. The number of nitro benzene ring substituents is 1. The molecule has 0 bridgehead atoms. The molecular formula is C11H13BrClNO3S. The van der Waals surface area contributed by atoms with Crippen LogP contribution >= 0.6 is 40.2 Å². The maximum absolute atomic E-state index is 10.9. The van der Waals surface area contributed by atoms with Crippen molar-refractivity contribution < 1.29 is 9.66 Å². The molecule has 0 saturated heterocycles. The van der Waals surface area contributed by atoms with Gasteiger partial charge in [-0.2, -0.15) is 12.6 Å². The third-order valence-corrected chi connectivity index (χ3v) is 3.81. The zero-order valence-electron chi connectivity index (χ0n) is 9.73. The number of rotatable bonds is 6. The third kappa shape index (κ3) is 4.03. The molecule has 0 radical (unpaired) electrons. The number of halogens is 2. The number of thiol groups is 1. The Labute approximate surface area is 124 Å². The molecule has 1 unspecified atom stereocenters.